The highest BCUT2D eigenvalue weighted by Gasteiger charge is 2.40. The monoisotopic (exact) mass is 267 g/mol. The Kier molecular flexibility index (Phi) is 4.08. The standard InChI is InChI=1S/C15H25NO3/c17-14-7-1-5-12(14)13-6-2-8-16(13)15(18)10-11-4-3-9-19-11/h11-14,17H,1-10H2. The maximum Gasteiger partial charge on any atom is 0.225 e. The summed E-state index contributed by atoms with van der Waals surface area (Å²) in [6, 6.07) is 0.284. The van der Waals surface area contributed by atoms with Crippen LogP contribution >= 0.6 is 0 Å². The molecule has 3 fully saturated rings. The lowest BCUT2D eigenvalue weighted by atomic mass is 9.93. The predicted octanol–water partition coefficient (Wildman–Crippen LogP) is 1.71. The van der Waals surface area contributed by atoms with E-state index in [0.29, 0.717) is 12.3 Å². The SMILES string of the molecule is O=C(CC1CCCO1)N1CCCC1C1CCCC1O. The van der Waals surface area contributed by atoms with Gasteiger partial charge in [0, 0.05) is 25.1 Å². The molecule has 1 aliphatic carbocycles. The van der Waals surface area contributed by atoms with Gasteiger partial charge in [-0.2, -0.15) is 0 Å². The van der Waals surface area contributed by atoms with E-state index in [9.17, 15) is 9.90 Å². The molecule has 0 aromatic heterocycles. The van der Waals surface area contributed by atoms with Gasteiger partial charge in [0.05, 0.1) is 18.6 Å². The van der Waals surface area contributed by atoms with Crippen LogP contribution in [0.5, 0.6) is 0 Å². The van der Waals surface area contributed by atoms with E-state index in [1.165, 1.54) is 0 Å². The molecule has 19 heavy (non-hydrogen) atoms. The number of hydrogen-bond acceptors (Lipinski definition) is 3. The van der Waals surface area contributed by atoms with Crippen LogP contribution in [0.25, 0.3) is 0 Å². The number of nitrogens with zero attached hydrogens (tertiary/aromatic N) is 1. The second kappa shape index (κ2) is 5.80. The molecule has 0 spiro atoms. The van der Waals surface area contributed by atoms with Crippen molar-refractivity contribution in [2.45, 2.75) is 69.6 Å². The number of amides is 1. The summed E-state index contributed by atoms with van der Waals surface area (Å²) < 4.78 is 5.57. The lowest BCUT2D eigenvalue weighted by Crippen LogP contribution is -2.43. The summed E-state index contributed by atoms with van der Waals surface area (Å²) in [4.78, 5) is 14.5. The highest BCUT2D eigenvalue weighted by atomic mass is 16.5. The first-order chi connectivity index (χ1) is 9.25. The predicted molar refractivity (Wildman–Crippen MR) is 71.7 cm³/mol. The third kappa shape index (κ3) is 2.79. The van der Waals surface area contributed by atoms with Gasteiger partial charge in [-0.15, -0.1) is 0 Å². The molecule has 4 unspecified atom stereocenters. The molecule has 2 saturated heterocycles. The van der Waals surface area contributed by atoms with Gasteiger partial charge in [0.25, 0.3) is 0 Å². The van der Waals surface area contributed by atoms with Gasteiger partial charge in [-0.3, -0.25) is 4.79 Å². The van der Waals surface area contributed by atoms with Crippen molar-refractivity contribution in [3.63, 3.8) is 0 Å². The van der Waals surface area contributed by atoms with E-state index < -0.39 is 0 Å². The minimum Gasteiger partial charge on any atom is -0.393 e. The molecule has 3 aliphatic rings. The molecular formula is C15H25NO3. The highest BCUT2D eigenvalue weighted by Crippen LogP contribution is 2.36. The summed E-state index contributed by atoms with van der Waals surface area (Å²) in [6.45, 7) is 1.68. The Balaban J connectivity index is 1.60. The van der Waals surface area contributed by atoms with Gasteiger partial charge < -0.3 is 14.7 Å². The van der Waals surface area contributed by atoms with Gasteiger partial charge >= 0.3 is 0 Å². The molecule has 0 aromatic rings. The number of likely N-dealkylation sites (tertiary alicyclic amines) is 1. The van der Waals surface area contributed by atoms with Gasteiger partial charge in [-0.05, 0) is 38.5 Å². The Morgan fingerprint density at radius 3 is 2.74 bits per heavy atom. The van der Waals surface area contributed by atoms with Crippen LogP contribution in [0.4, 0.5) is 0 Å². The first-order valence-electron chi connectivity index (χ1n) is 7.85. The third-order valence-corrected chi connectivity index (χ3v) is 5.07. The maximum atomic E-state index is 12.4. The Morgan fingerprint density at radius 2 is 2.05 bits per heavy atom. The van der Waals surface area contributed by atoms with Crippen molar-refractivity contribution in [1.29, 1.82) is 0 Å². The average molecular weight is 267 g/mol. The Hall–Kier alpha value is -0.610. The van der Waals surface area contributed by atoms with Crippen molar-refractivity contribution in [3.8, 4) is 0 Å². The normalized spacial score (nSPS) is 39.1. The first kappa shape index (κ1) is 13.4. The molecule has 0 radical (unpaired) electrons. The Labute approximate surface area is 115 Å². The first-order valence-corrected chi connectivity index (χ1v) is 7.85. The molecule has 1 amide bonds. The fraction of sp³-hybridized carbons (Fsp3) is 0.933. The molecule has 0 bridgehead atoms. The van der Waals surface area contributed by atoms with Crippen LogP contribution in [0.1, 0.15) is 51.4 Å². The molecule has 1 saturated carbocycles. The number of hydrogen-bond donors (Lipinski definition) is 1. The molecular weight excluding hydrogens is 242 g/mol. The molecule has 4 nitrogen and oxygen atoms in total. The van der Waals surface area contributed by atoms with E-state index in [1.54, 1.807) is 0 Å². The number of aliphatic hydroxyl groups is 1. The molecule has 4 heteroatoms. The topological polar surface area (TPSA) is 49.8 Å². The van der Waals surface area contributed by atoms with Crippen LogP contribution in [-0.4, -0.2) is 47.3 Å². The van der Waals surface area contributed by atoms with E-state index in [-0.39, 0.29) is 24.2 Å². The van der Waals surface area contributed by atoms with Gasteiger partial charge in [-0.25, -0.2) is 0 Å². The van der Waals surface area contributed by atoms with E-state index in [0.717, 1.165) is 58.1 Å². The molecule has 2 aliphatic heterocycles. The zero-order chi connectivity index (χ0) is 13.2. The van der Waals surface area contributed by atoms with E-state index in [4.69, 9.17) is 4.74 Å². The zero-order valence-corrected chi connectivity index (χ0v) is 11.6. The van der Waals surface area contributed by atoms with Crippen molar-refractivity contribution in [1.82, 2.24) is 4.90 Å². The number of carbonyl (C=O) groups is 1. The molecule has 4 atom stereocenters. The van der Waals surface area contributed by atoms with Crippen LogP contribution in [0.2, 0.25) is 0 Å². The van der Waals surface area contributed by atoms with Crippen LogP contribution in [0, 0.1) is 5.92 Å². The highest BCUT2D eigenvalue weighted by molar-refractivity contribution is 5.77. The second-order valence-corrected chi connectivity index (χ2v) is 6.30. The summed E-state index contributed by atoms with van der Waals surface area (Å²) in [5, 5.41) is 10.1. The van der Waals surface area contributed by atoms with Gasteiger partial charge in [0.1, 0.15) is 0 Å². The lowest BCUT2D eigenvalue weighted by molar-refractivity contribution is -0.135. The molecule has 0 aromatic carbocycles. The summed E-state index contributed by atoms with van der Waals surface area (Å²) in [6.07, 6.45) is 7.85. The largest absolute Gasteiger partial charge is 0.393 e. The number of aliphatic hydroxyl groups excluding tert-OH is 1. The minimum absolute atomic E-state index is 0.141. The number of carbonyl (C=O) groups excluding carboxylic acids is 1. The Bertz CT molecular complexity index is 327. The summed E-state index contributed by atoms with van der Waals surface area (Å²) >= 11 is 0. The molecule has 2 heterocycles. The van der Waals surface area contributed by atoms with Crippen LogP contribution in [0.3, 0.4) is 0 Å². The van der Waals surface area contributed by atoms with Crippen molar-refractivity contribution >= 4 is 5.91 Å². The molecule has 1 N–H and O–H groups in total. The van der Waals surface area contributed by atoms with Gasteiger partial charge in [0.15, 0.2) is 0 Å². The van der Waals surface area contributed by atoms with Crippen molar-refractivity contribution in [2.75, 3.05) is 13.2 Å². The molecule has 3 rings (SSSR count). The number of ether oxygens (including phenoxy) is 1. The minimum atomic E-state index is -0.193. The van der Waals surface area contributed by atoms with Crippen LogP contribution in [0.15, 0.2) is 0 Å². The fourth-order valence-corrected chi connectivity index (χ4v) is 4.08. The van der Waals surface area contributed by atoms with Gasteiger partial charge in [0.2, 0.25) is 5.91 Å². The maximum absolute atomic E-state index is 12.4. The zero-order valence-electron chi connectivity index (χ0n) is 11.6. The Morgan fingerprint density at radius 1 is 1.16 bits per heavy atom. The lowest BCUT2D eigenvalue weighted by Gasteiger charge is -2.31. The fourth-order valence-electron chi connectivity index (χ4n) is 4.08. The summed E-state index contributed by atoms with van der Waals surface area (Å²) in [7, 11) is 0. The van der Waals surface area contributed by atoms with Crippen molar-refractivity contribution in [2.24, 2.45) is 5.92 Å². The van der Waals surface area contributed by atoms with Crippen molar-refractivity contribution < 1.29 is 14.6 Å². The van der Waals surface area contributed by atoms with E-state index >= 15 is 0 Å². The second-order valence-electron chi connectivity index (χ2n) is 6.30. The number of rotatable bonds is 3. The smallest absolute Gasteiger partial charge is 0.225 e. The van der Waals surface area contributed by atoms with Crippen LogP contribution < -0.4 is 0 Å². The van der Waals surface area contributed by atoms with E-state index in [2.05, 4.69) is 0 Å². The average Bonchev–Trinajstić information content (AvgIpc) is 3.07. The quantitative estimate of drug-likeness (QED) is 0.847. The summed E-state index contributed by atoms with van der Waals surface area (Å²) in [5.41, 5.74) is 0. The van der Waals surface area contributed by atoms with Crippen molar-refractivity contribution in [3.05, 3.63) is 0 Å². The summed E-state index contributed by atoms with van der Waals surface area (Å²) in [5.74, 6) is 0.560. The third-order valence-electron chi connectivity index (χ3n) is 5.07. The van der Waals surface area contributed by atoms with Gasteiger partial charge in [-0.1, -0.05) is 6.42 Å². The van der Waals surface area contributed by atoms with Crippen LogP contribution in [-0.2, 0) is 9.53 Å². The molecule has 108 valence electrons. The van der Waals surface area contributed by atoms with E-state index in [1.807, 2.05) is 4.90 Å².